The molecule has 0 aliphatic carbocycles. The average Bonchev–Trinajstić information content (AvgIpc) is 1.87. The fourth-order valence-electron chi connectivity index (χ4n) is 0.205. The van der Waals surface area contributed by atoms with E-state index in [1.54, 1.807) is 0 Å². The van der Waals surface area contributed by atoms with Gasteiger partial charge in [0, 0.05) is 4.58 Å². The third kappa shape index (κ3) is 3.41. The van der Waals surface area contributed by atoms with Gasteiger partial charge in [0.2, 0.25) is 0 Å². The van der Waals surface area contributed by atoms with Crippen molar-refractivity contribution in [3.8, 4) is 0 Å². The van der Waals surface area contributed by atoms with Crippen LogP contribution < -0.4 is 0 Å². The van der Waals surface area contributed by atoms with Gasteiger partial charge in [0.1, 0.15) is 6.10 Å². The molecule has 2 unspecified atom stereocenters. The Morgan fingerprint density at radius 3 is 2.44 bits per heavy atom. The Balaban J connectivity index is 3.44. The van der Waals surface area contributed by atoms with Gasteiger partial charge in [-0.25, -0.2) is 0 Å². The first kappa shape index (κ1) is 8.83. The summed E-state index contributed by atoms with van der Waals surface area (Å²) < 4.78 is 2.25. The van der Waals surface area contributed by atoms with Crippen molar-refractivity contribution in [2.24, 2.45) is 4.58 Å². The van der Waals surface area contributed by atoms with E-state index in [0.29, 0.717) is 0 Å². The van der Waals surface area contributed by atoms with E-state index in [1.807, 2.05) is 0 Å². The third-order valence-corrected chi connectivity index (χ3v) is 1.28. The van der Waals surface area contributed by atoms with Crippen LogP contribution >= 0.6 is 11.9 Å². The largest absolute Gasteiger partial charge is 0.394 e. The van der Waals surface area contributed by atoms with Crippen LogP contribution in [-0.4, -0.2) is 33.5 Å². The molecule has 0 bridgehead atoms. The van der Waals surface area contributed by atoms with E-state index < -0.39 is 18.1 Å². The normalized spacial score (nSPS) is 16.8. The van der Waals surface area contributed by atoms with Crippen LogP contribution in [0, 0.1) is 4.91 Å². The molecular weight excluding hydrogens is 146 g/mol. The Bertz CT molecular complexity index is 89.9. The highest BCUT2D eigenvalue weighted by Crippen LogP contribution is 2.11. The van der Waals surface area contributed by atoms with Crippen LogP contribution in [0.1, 0.15) is 0 Å². The lowest BCUT2D eigenvalue weighted by molar-refractivity contribution is 0.0285. The molecule has 0 aliphatic heterocycles. The lowest BCUT2D eigenvalue weighted by atomic mass is 10.4. The Morgan fingerprint density at radius 2 is 2.11 bits per heavy atom. The molecule has 0 amide bonds. The summed E-state index contributed by atoms with van der Waals surface area (Å²) >= 11 is 0.279. The molecule has 0 rings (SSSR count). The van der Waals surface area contributed by atoms with Crippen molar-refractivity contribution in [1.82, 2.24) is 0 Å². The van der Waals surface area contributed by atoms with Gasteiger partial charge in [-0.15, -0.1) is 4.91 Å². The highest BCUT2D eigenvalue weighted by atomic mass is 32.2. The van der Waals surface area contributed by atoms with Gasteiger partial charge in [0.05, 0.1) is 18.6 Å². The fourth-order valence-corrected chi connectivity index (χ4v) is 0.519. The Hall–Kier alpha value is -0.170. The average molecular weight is 153 g/mol. The standard InChI is InChI=1S/C3H7NO4S/c5-1-2(6)3(7)9-4-8/h2-3,5-7H,1H2. The van der Waals surface area contributed by atoms with Crippen molar-refractivity contribution in [1.29, 1.82) is 0 Å². The molecule has 0 heterocycles. The topological polar surface area (TPSA) is 90.1 Å². The first-order valence-corrected chi connectivity index (χ1v) is 3.01. The van der Waals surface area contributed by atoms with Crippen LogP contribution in [0.2, 0.25) is 0 Å². The first-order valence-electron chi connectivity index (χ1n) is 2.18. The number of nitroso groups, excluding NO2 is 1. The highest BCUT2D eigenvalue weighted by molar-refractivity contribution is 7.98. The molecule has 0 fully saturated rings. The van der Waals surface area contributed by atoms with Crippen LogP contribution in [-0.2, 0) is 0 Å². The summed E-state index contributed by atoms with van der Waals surface area (Å²) in [6.45, 7) is -0.580. The molecule has 0 radical (unpaired) electrons. The maximum absolute atomic E-state index is 9.40. The van der Waals surface area contributed by atoms with Gasteiger partial charge in [-0.05, 0) is 0 Å². The maximum Gasteiger partial charge on any atom is 0.152 e. The highest BCUT2D eigenvalue weighted by Gasteiger charge is 2.15. The second kappa shape index (κ2) is 4.68. The molecule has 0 aromatic carbocycles. The minimum Gasteiger partial charge on any atom is -0.394 e. The van der Waals surface area contributed by atoms with E-state index in [0.717, 1.165) is 0 Å². The van der Waals surface area contributed by atoms with Gasteiger partial charge in [0.15, 0.2) is 5.44 Å². The summed E-state index contributed by atoms with van der Waals surface area (Å²) in [5.74, 6) is 0. The van der Waals surface area contributed by atoms with Crippen LogP contribution in [0.5, 0.6) is 0 Å². The minimum absolute atomic E-state index is 0.279. The zero-order chi connectivity index (χ0) is 7.28. The summed E-state index contributed by atoms with van der Waals surface area (Å²) in [6.07, 6.45) is -1.30. The molecule has 54 valence electrons. The SMILES string of the molecule is O=NSC(O)C(O)CO. The van der Waals surface area contributed by atoms with Gasteiger partial charge >= 0.3 is 0 Å². The molecule has 0 saturated carbocycles. The molecule has 2 atom stereocenters. The lowest BCUT2D eigenvalue weighted by Crippen LogP contribution is -2.25. The van der Waals surface area contributed by atoms with E-state index in [1.165, 1.54) is 0 Å². The van der Waals surface area contributed by atoms with Crippen LogP contribution in [0.25, 0.3) is 0 Å². The maximum atomic E-state index is 9.40. The molecule has 9 heavy (non-hydrogen) atoms. The molecule has 6 heteroatoms. The quantitative estimate of drug-likeness (QED) is 0.276. The van der Waals surface area contributed by atoms with Crippen molar-refractivity contribution < 1.29 is 15.3 Å². The Labute approximate surface area is 55.8 Å². The molecule has 0 aromatic rings. The van der Waals surface area contributed by atoms with Crippen molar-refractivity contribution >= 4 is 11.9 Å². The van der Waals surface area contributed by atoms with Crippen molar-refractivity contribution in [2.45, 2.75) is 11.5 Å². The lowest BCUT2D eigenvalue weighted by Gasteiger charge is -2.09. The predicted molar refractivity (Wildman–Crippen MR) is 32.5 cm³/mol. The van der Waals surface area contributed by atoms with Crippen molar-refractivity contribution in [2.75, 3.05) is 6.61 Å². The van der Waals surface area contributed by atoms with E-state index in [4.69, 9.17) is 15.3 Å². The number of rotatable bonds is 4. The zero-order valence-electron chi connectivity index (χ0n) is 4.47. The smallest absolute Gasteiger partial charge is 0.152 e. The second-order valence-corrected chi connectivity index (χ2v) is 2.16. The van der Waals surface area contributed by atoms with E-state index in [9.17, 15) is 4.91 Å². The van der Waals surface area contributed by atoms with Crippen LogP contribution in [0.15, 0.2) is 4.58 Å². The number of hydrogen-bond acceptors (Lipinski definition) is 6. The van der Waals surface area contributed by atoms with E-state index >= 15 is 0 Å². The Morgan fingerprint density at radius 1 is 1.56 bits per heavy atom. The zero-order valence-corrected chi connectivity index (χ0v) is 5.28. The third-order valence-electron chi connectivity index (χ3n) is 0.667. The molecule has 0 spiro atoms. The second-order valence-electron chi connectivity index (χ2n) is 1.32. The van der Waals surface area contributed by atoms with Crippen LogP contribution in [0.4, 0.5) is 0 Å². The summed E-state index contributed by atoms with van der Waals surface area (Å²) in [5, 5.41) is 25.3. The summed E-state index contributed by atoms with van der Waals surface area (Å²) in [4.78, 5) is 9.40. The van der Waals surface area contributed by atoms with E-state index in [-0.39, 0.29) is 11.9 Å². The summed E-state index contributed by atoms with van der Waals surface area (Å²) in [7, 11) is 0. The number of aliphatic hydroxyl groups excluding tert-OH is 3. The molecule has 0 aliphatic rings. The molecule has 0 saturated heterocycles. The van der Waals surface area contributed by atoms with Gasteiger partial charge in [-0.1, -0.05) is 0 Å². The number of nitrogens with zero attached hydrogens (tertiary/aromatic N) is 1. The summed E-state index contributed by atoms with van der Waals surface area (Å²) in [6, 6.07) is 0. The monoisotopic (exact) mass is 153 g/mol. The fraction of sp³-hybridized carbons (Fsp3) is 1.00. The number of hydrogen-bond donors (Lipinski definition) is 3. The molecule has 5 nitrogen and oxygen atoms in total. The van der Waals surface area contributed by atoms with Crippen molar-refractivity contribution in [3.63, 3.8) is 0 Å². The number of aliphatic hydroxyl groups is 3. The predicted octanol–water partition coefficient (Wildman–Crippen LogP) is -0.927. The van der Waals surface area contributed by atoms with Crippen molar-refractivity contribution in [3.05, 3.63) is 4.91 Å². The molecular formula is C3H7NO4S. The molecule has 0 aromatic heterocycles. The van der Waals surface area contributed by atoms with Gasteiger partial charge in [0.25, 0.3) is 0 Å². The van der Waals surface area contributed by atoms with Gasteiger partial charge in [-0.3, -0.25) is 0 Å². The minimum atomic E-state index is -1.33. The summed E-state index contributed by atoms with van der Waals surface area (Å²) in [5.41, 5.74) is -1.33. The Kier molecular flexibility index (Phi) is 4.60. The van der Waals surface area contributed by atoms with E-state index in [2.05, 4.69) is 4.58 Å². The van der Waals surface area contributed by atoms with Crippen LogP contribution in [0.3, 0.4) is 0 Å². The molecule has 3 N–H and O–H groups in total. The van der Waals surface area contributed by atoms with Gasteiger partial charge in [-0.2, -0.15) is 0 Å². The first-order chi connectivity index (χ1) is 4.22. The van der Waals surface area contributed by atoms with Gasteiger partial charge < -0.3 is 15.3 Å².